The number of hydrogen-bond donors (Lipinski definition) is 2. The number of pyridine rings is 1. The molecule has 2 rings (SSSR count). The highest BCUT2D eigenvalue weighted by atomic mass is 16.2. The van der Waals surface area contributed by atoms with Crippen LogP contribution in [0.5, 0.6) is 0 Å². The third kappa shape index (κ3) is 5.01. The molecule has 5 heteroatoms. The Hall–Kier alpha value is -2.69. The number of carbonyl (C=O) groups excluding carboxylic acids is 2. The van der Waals surface area contributed by atoms with Crippen LogP contribution in [-0.2, 0) is 16.1 Å². The fraction of sp³-hybridized carbons (Fsp3) is 0.235. The van der Waals surface area contributed by atoms with Gasteiger partial charge in [-0.2, -0.15) is 0 Å². The SMILES string of the molecule is CC(=O)N[C@@H](CC(=O)NCc1ccccn1)c1ccccc1. The Morgan fingerprint density at radius 2 is 1.82 bits per heavy atom. The van der Waals surface area contributed by atoms with Crippen molar-refractivity contribution in [3.63, 3.8) is 0 Å². The van der Waals surface area contributed by atoms with Crippen LogP contribution in [0.4, 0.5) is 0 Å². The van der Waals surface area contributed by atoms with Gasteiger partial charge in [0.25, 0.3) is 0 Å². The quantitative estimate of drug-likeness (QED) is 0.856. The van der Waals surface area contributed by atoms with E-state index in [9.17, 15) is 9.59 Å². The lowest BCUT2D eigenvalue weighted by Crippen LogP contribution is -2.32. The summed E-state index contributed by atoms with van der Waals surface area (Å²) in [6.07, 6.45) is 1.88. The van der Waals surface area contributed by atoms with E-state index in [2.05, 4.69) is 15.6 Å². The van der Waals surface area contributed by atoms with Crippen LogP contribution < -0.4 is 10.6 Å². The first-order chi connectivity index (χ1) is 10.6. The molecule has 2 amide bonds. The van der Waals surface area contributed by atoms with Crippen LogP contribution in [0.25, 0.3) is 0 Å². The fourth-order valence-corrected chi connectivity index (χ4v) is 2.13. The minimum Gasteiger partial charge on any atom is -0.350 e. The van der Waals surface area contributed by atoms with E-state index in [1.165, 1.54) is 6.92 Å². The Kier molecular flexibility index (Phi) is 5.65. The predicted octanol–water partition coefficient (Wildman–Crippen LogP) is 1.97. The van der Waals surface area contributed by atoms with E-state index < -0.39 is 0 Å². The predicted molar refractivity (Wildman–Crippen MR) is 83.7 cm³/mol. The first-order valence-electron chi connectivity index (χ1n) is 7.14. The van der Waals surface area contributed by atoms with Crippen LogP contribution in [0, 0.1) is 0 Å². The maximum Gasteiger partial charge on any atom is 0.222 e. The van der Waals surface area contributed by atoms with E-state index >= 15 is 0 Å². The molecular weight excluding hydrogens is 278 g/mol. The molecule has 0 saturated carbocycles. The van der Waals surface area contributed by atoms with E-state index in [-0.39, 0.29) is 24.3 Å². The Labute approximate surface area is 129 Å². The minimum atomic E-state index is -0.331. The first kappa shape index (κ1) is 15.7. The summed E-state index contributed by atoms with van der Waals surface area (Å²) in [5.74, 6) is -0.292. The van der Waals surface area contributed by atoms with Gasteiger partial charge in [-0.25, -0.2) is 0 Å². The van der Waals surface area contributed by atoms with Crippen LogP contribution in [0.15, 0.2) is 54.7 Å². The number of rotatable bonds is 6. The fourth-order valence-electron chi connectivity index (χ4n) is 2.13. The largest absolute Gasteiger partial charge is 0.350 e. The van der Waals surface area contributed by atoms with Crippen molar-refractivity contribution < 1.29 is 9.59 Å². The Morgan fingerprint density at radius 3 is 2.45 bits per heavy atom. The van der Waals surface area contributed by atoms with Crippen molar-refractivity contribution in [2.75, 3.05) is 0 Å². The Bertz CT molecular complexity index is 614. The first-order valence-corrected chi connectivity index (χ1v) is 7.14. The van der Waals surface area contributed by atoms with E-state index in [0.29, 0.717) is 6.54 Å². The third-order valence-electron chi connectivity index (χ3n) is 3.16. The van der Waals surface area contributed by atoms with Gasteiger partial charge in [0.1, 0.15) is 0 Å². The van der Waals surface area contributed by atoms with Gasteiger partial charge < -0.3 is 10.6 Å². The summed E-state index contributed by atoms with van der Waals surface area (Å²) in [5, 5.41) is 5.63. The van der Waals surface area contributed by atoms with E-state index in [0.717, 1.165) is 11.3 Å². The van der Waals surface area contributed by atoms with Crippen molar-refractivity contribution in [1.82, 2.24) is 15.6 Å². The van der Waals surface area contributed by atoms with Crippen molar-refractivity contribution >= 4 is 11.8 Å². The molecule has 0 aliphatic carbocycles. The second-order valence-corrected chi connectivity index (χ2v) is 4.97. The molecule has 22 heavy (non-hydrogen) atoms. The van der Waals surface area contributed by atoms with Crippen molar-refractivity contribution in [2.24, 2.45) is 0 Å². The number of nitrogens with one attached hydrogen (secondary N) is 2. The average Bonchev–Trinajstić information content (AvgIpc) is 2.54. The lowest BCUT2D eigenvalue weighted by Gasteiger charge is -2.18. The van der Waals surface area contributed by atoms with Crippen molar-refractivity contribution in [1.29, 1.82) is 0 Å². The lowest BCUT2D eigenvalue weighted by molar-refractivity contribution is -0.122. The van der Waals surface area contributed by atoms with Crippen LogP contribution in [0.1, 0.15) is 30.6 Å². The molecule has 0 spiro atoms. The summed E-state index contributed by atoms with van der Waals surface area (Å²) in [5.41, 5.74) is 1.71. The molecule has 0 bridgehead atoms. The molecule has 1 aromatic carbocycles. The number of carbonyl (C=O) groups is 2. The molecule has 1 aromatic heterocycles. The zero-order valence-corrected chi connectivity index (χ0v) is 12.5. The highest BCUT2D eigenvalue weighted by Gasteiger charge is 2.16. The number of nitrogens with zero attached hydrogens (tertiary/aromatic N) is 1. The molecule has 0 fully saturated rings. The standard InChI is InChI=1S/C17H19N3O2/c1-13(21)20-16(14-7-3-2-4-8-14)11-17(22)19-12-15-9-5-6-10-18-15/h2-10,16H,11-12H2,1H3,(H,19,22)(H,20,21)/t16-/m0/s1. The molecule has 0 unspecified atom stereocenters. The van der Waals surface area contributed by atoms with Crippen LogP contribution in [0.3, 0.4) is 0 Å². The molecule has 0 aliphatic rings. The zero-order chi connectivity index (χ0) is 15.8. The van der Waals surface area contributed by atoms with E-state index in [4.69, 9.17) is 0 Å². The van der Waals surface area contributed by atoms with Crippen LogP contribution in [0.2, 0.25) is 0 Å². The summed E-state index contributed by atoms with van der Waals surface area (Å²) in [6, 6.07) is 14.7. The summed E-state index contributed by atoms with van der Waals surface area (Å²) in [7, 11) is 0. The molecule has 0 radical (unpaired) electrons. The van der Waals surface area contributed by atoms with Gasteiger partial charge in [0.05, 0.1) is 24.7 Å². The summed E-state index contributed by atoms with van der Waals surface area (Å²) in [4.78, 5) is 27.6. The van der Waals surface area contributed by atoms with Gasteiger partial charge in [0.15, 0.2) is 0 Å². The van der Waals surface area contributed by atoms with Crippen molar-refractivity contribution in [3.8, 4) is 0 Å². The van der Waals surface area contributed by atoms with E-state index in [1.807, 2.05) is 48.5 Å². The second kappa shape index (κ2) is 7.93. The van der Waals surface area contributed by atoms with Gasteiger partial charge in [-0.15, -0.1) is 0 Å². The summed E-state index contributed by atoms with van der Waals surface area (Å²) < 4.78 is 0. The molecule has 114 valence electrons. The number of aromatic nitrogens is 1. The van der Waals surface area contributed by atoms with Gasteiger partial charge in [0.2, 0.25) is 11.8 Å². The normalized spacial score (nSPS) is 11.5. The molecule has 1 atom stereocenters. The van der Waals surface area contributed by atoms with Crippen molar-refractivity contribution in [2.45, 2.75) is 25.9 Å². The smallest absolute Gasteiger partial charge is 0.222 e. The molecule has 2 N–H and O–H groups in total. The van der Waals surface area contributed by atoms with Gasteiger partial charge in [0, 0.05) is 13.1 Å². The van der Waals surface area contributed by atoms with Crippen molar-refractivity contribution in [3.05, 3.63) is 66.0 Å². The maximum absolute atomic E-state index is 12.1. The van der Waals surface area contributed by atoms with Gasteiger partial charge in [-0.1, -0.05) is 36.4 Å². The zero-order valence-electron chi connectivity index (χ0n) is 12.5. The monoisotopic (exact) mass is 297 g/mol. The number of amides is 2. The molecular formula is C17H19N3O2. The Balaban J connectivity index is 1.95. The van der Waals surface area contributed by atoms with Gasteiger partial charge >= 0.3 is 0 Å². The third-order valence-corrected chi connectivity index (χ3v) is 3.16. The van der Waals surface area contributed by atoms with Crippen LogP contribution >= 0.6 is 0 Å². The molecule has 0 saturated heterocycles. The van der Waals surface area contributed by atoms with E-state index in [1.54, 1.807) is 6.20 Å². The summed E-state index contributed by atoms with van der Waals surface area (Å²) in [6.45, 7) is 1.82. The summed E-state index contributed by atoms with van der Waals surface area (Å²) >= 11 is 0. The topological polar surface area (TPSA) is 71.1 Å². The number of hydrogen-bond acceptors (Lipinski definition) is 3. The maximum atomic E-state index is 12.1. The highest BCUT2D eigenvalue weighted by molar-refractivity contribution is 5.79. The minimum absolute atomic E-state index is 0.131. The average molecular weight is 297 g/mol. The molecule has 5 nitrogen and oxygen atoms in total. The lowest BCUT2D eigenvalue weighted by atomic mass is 10.0. The van der Waals surface area contributed by atoms with Crippen LogP contribution in [-0.4, -0.2) is 16.8 Å². The molecule has 2 aromatic rings. The molecule has 1 heterocycles. The second-order valence-electron chi connectivity index (χ2n) is 4.97. The highest BCUT2D eigenvalue weighted by Crippen LogP contribution is 2.16. The Morgan fingerprint density at radius 1 is 1.09 bits per heavy atom. The molecule has 0 aliphatic heterocycles. The van der Waals surface area contributed by atoms with Gasteiger partial charge in [-0.3, -0.25) is 14.6 Å². The van der Waals surface area contributed by atoms with Gasteiger partial charge in [-0.05, 0) is 17.7 Å². The number of benzene rings is 1.